The lowest BCUT2D eigenvalue weighted by atomic mass is 10.1. The summed E-state index contributed by atoms with van der Waals surface area (Å²) in [6, 6.07) is 13.4. The molecule has 0 atom stereocenters. The van der Waals surface area contributed by atoms with Crippen LogP contribution in [0, 0.1) is 5.92 Å². The molecule has 1 N–H and O–H groups in total. The minimum atomic E-state index is -0.184. The van der Waals surface area contributed by atoms with Crippen molar-refractivity contribution >= 4 is 5.91 Å². The highest BCUT2D eigenvalue weighted by Gasteiger charge is 2.25. The summed E-state index contributed by atoms with van der Waals surface area (Å²) in [5, 5.41) is 11.3. The number of pyridine rings is 1. The van der Waals surface area contributed by atoms with Crippen LogP contribution in [0.25, 0.3) is 16.9 Å². The number of nitrogens with one attached hydrogen (secondary N) is 1. The van der Waals surface area contributed by atoms with Gasteiger partial charge in [-0.2, -0.15) is 0 Å². The number of amides is 1. The van der Waals surface area contributed by atoms with Gasteiger partial charge in [-0.25, -0.2) is 4.68 Å². The van der Waals surface area contributed by atoms with E-state index in [1.165, 1.54) is 12.8 Å². The first-order valence-corrected chi connectivity index (χ1v) is 8.02. The molecular formula is C18H17N5O. The van der Waals surface area contributed by atoms with Crippen LogP contribution in [0.15, 0.2) is 54.9 Å². The summed E-state index contributed by atoms with van der Waals surface area (Å²) in [5.41, 5.74) is 2.73. The zero-order valence-corrected chi connectivity index (χ0v) is 13.1. The van der Waals surface area contributed by atoms with Crippen molar-refractivity contribution in [2.24, 2.45) is 5.92 Å². The van der Waals surface area contributed by atoms with Gasteiger partial charge in [0, 0.05) is 24.5 Å². The Bertz CT molecular complexity index is 840. The molecule has 1 aromatic carbocycles. The van der Waals surface area contributed by atoms with Crippen LogP contribution < -0.4 is 5.32 Å². The van der Waals surface area contributed by atoms with Crippen LogP contribution in [0.1, 0.15) is 23.3 Å². The number of hydrogen-bond acceptors (Lipinski definition) is 4. The van der Waals surface area contributed by atoms with Gasteiger partial charge in [0.2, 0.25) is 0 Å². The molecule has 1 aliphatic carbocycles. The molecule has 2 heterocycles. The Labute approximate surface area is 139 Å². The van der Waals surface area contributed by atoms with Crippen molar-refractivity contribution in [1.82, 2.24) is 25.3 Å². The summed E-state index contributed by atoms with van der Waals surface area (Å²) in [4.78, 5) is 16.6. The van der Waals surface area contributed by atoms with Crippen LogP contribution in [0.5, 0.6) is 0 Å². The minimum Gasteiger partial charge on any atom is -0.350 e. The van der Waals surface area contributed by atoms with E-state index in [1.807, 2.05) is 42.5 Å². The molecule has 0 bridgehead atoms. The Morgan fingerprint density at radius 3 is 2.58 bits per heavy atom. The van der Waals surface area contributed by atoms with Crippen molar-refractivity contribution in [2.45, 2.75) is 12.8 Å². The number of rotatable bonds is 5. The van der Waals surface area contributed by atoms with Crippen LogP contribution in [-0.2, 0) is 0 Å². The number of carbonyl (C=O) groups is 1. The topological polar surface area (TPSA) is 72.7 Å². The maximum atomic E-state index is 12.6. The normalized spacial score (nSPS) is 13.7. The molecule has 1 amide bonds. The van der Waals surface area contributed by atoms with Crippen LogP contribution >= 0.6 is 0 Å². The summed E-state index contributed by atoms with van der Waals surface area (Å²) >= 11 is 0. The quantitative estimate of drug-likeness (QED) is 0.784. The van der Waals surface area contributed by atoms with Gasteiger partial charge in [-0.3, -0.25) is 9.78 Å². The van der Waals surface area contributed by atoms with Gasteiger partial charge < -0.3 is 5.32 Å². The van der Waals surface area contributed by atoms with Crippen LogP contribution in [0.3, 0.4) is 0 Å². The maximum absolute atomic E-state index is 12.6. The monoisotopic (exact) mass is 319 g/mol. The molecule has 120 valence electrons. The van der Waals surface area contributed by atoms with Gasteiger partial charge in [0.25, 0.3) is 5.91 Å². The molecule has 6 heteroatoms. The van der Waals surface area contributed by atoms with E-state index in [-0.39, 0.29) is 5.91 Å². The fourth-order valence-corrected chi connectivity index (χ4v) is 2.60. The summed E-state index contributed by atoms with van der Waals surface area (Å²) in [5.74, 6) is 0.429. The van der Waals surface area contributed by atoms with Gasteiger partial charge in [0.1, 0.15) is 5.69 Å². The number of benzene rings is 1. The molecule has 0 aliphatic heterocycles. The van der Waals surface area contributed by atoms with Crippen molar-refractivity contribution < 1.29 is 4.79 Å². The lowest BCUT2D eigenvalue weighted by Crippen LogP contribution is -2.26. The van der Waals surface area contributed by atoms with Gasteiger partial charge in [-0.15, -0.1) is 5.10 Å². The second kappa shape index (κ2) is 6.23. The highest BCUT2D eigenvalue weighted by atomic mass is 16.2. The zero-order chi connectivity index (χ0) is 16.4. The third kappa shape index (κ3) is 2.90. The van der Waals surface area contributed by atoms with Gasteiger partial charge in [-0.05, 0) is 43.0 Å². The van der Waals surface area contributed by atoms with Crippen LogP contribution in [0.2, 0.25) is 0 Å². The van der Waals surface area contributed by atoms with E-state index < -0.39 is 0 Å². The van der Waals surface area contributed by atoms with Gasteiger partial charge in [0.05, 0.1) is 5.69 Å². The first-order valence-electron chi connectivity index (χ1n) is 8.02. The molecule has 1 fully saturated rings. The predicted molar refractivity (Wildman–Crippen MR) is 89.6 cm³/mol. The van der Waals surface area contributed by atoms with Crippen molar-refractivity contribution in [3.63, 3.8) is 0 Å². The fourth-order valence-electron chi connectivity index (χ4n) is 2.60. The van der Waals surface area contributed by atoms with E-state index in [4.69, 9.17) is 0 Å². The molecule has 1 saturated carbocycles. The third-order valence-electron chi connectivity index (χ3n) is 4.09. The average molecular weight is 319 g/mol. The molecule has 24 heavy (non-hydrogen) atoms. The average Bonchev–Trinajstić information content (AvgIpc) is 3.37. The Balaban J connectivity index is 1.76. The molecule has 3 aromatic rings. The number of carbonyl (C=O) groups excluding carboxylic acids is 1. The van der Waals surface area contributed by atoms with E-state index in [1.54, 1.807) is 17.1 Å². The molecule has 6 nitrogen and oxygen atoms in total. The maximum Gasteiger partial charge on any atom is 0.274 e. The van der Waals surface area contributed by atoms with Gasteiger partial charge in [-0.1, -0.05) is 23.4 Å². The van der Waals surface area contributed by atoms with Crippen LogP contribution in [0.4, 0.5) is 0 Å². The standard InChI is InChI=1S/C18H17N5O/c24-18(20-12-13-6-7-13)16-17(14-8-10-19-11-9-14)23(22-21-16)15-4-2-1-3-5-15/h1-5,8-11,13H,6-7,12H2,(H,20,24). The Morgan fingerprint density at radius 1 is 1.12 bits per heavy atom. The zero-order valence-electron chi connectivity index (χ0n) is 13.1. The summed E-state index contributed by atoms with van der Waals surface area (Å²) in [6.07, 6.45) is 5.77. The smallest absolute Gasteiger partial charge is 0.274 e. The number of para-hydroxylation sites is 1. The Kier molecular flexibility index (Phi) is 3.78. The van der Waals surface area contributed by atoms with Crippen molar-refractivity contribution in [1.29, 1.82) is 0 Å². The van der Waals surface area contributed by atoms with Crippen molar-refractivity contribution in [2.75, 3.05) is 6.54 Å². The van der Waals surface area contributed by atoms with Crippen LogP contribution in [-0.4, -0.2) is 32.4 Å². The van der Waals surface area contributed by atoms with E-state index in [2.05, 4.69) is 20.6 Å². The number of hydrogen-bond donors (Lipinski definition) is 1. The second-order valence-corrected chi connectivity index (χ2v) is 5.92. The number of nitrogens with zero attached hydrogens (tertiary/aromatic N) is 4. The van der Waals surface area contributed by atoms with Gasteiger partial charge >= 0.3 is 0 Å². The van der Waals surface area contributed by atoms with E-state index in [9.17, 15) is 4.79 Å². The summed E-state index contributed by atoms with van der Waals surface area (Å²) < 4.78 is 1.70. The molecule has 0 radical (unpaired) electrons. The highest BCUT2D eigenvalue weighted by molar-refractivity contribution is 5.98. The van der Waals surface area contributed by atoms with Crippen molar-refractivity contribution in [3.8, 4) is 16.9 Å². The number of aromatic nitrogens is 4. The molecule has 4 rings (SSSR count). The lowest BCUT2D eigenvalue weighted by molar-refractivity contribution is 0.0947. The first-order chi connectivity index (χ1) is 11.8. The van der Waals surface area contributed by atoms with E-state index in [0.29, 0.717) is 23.9 Å². The Morgan fingerprint density at radius 2 is 1.88 bits per heavy atom. The molecule has 1 aliphatic rings. The molecule has 0 unspecified atom stereocenters. The van der Waals surface area contributed by atoms with E-state index >= 15 is 0 Å². The van der Waals surface area contributed by atoms with E-state index in [0.717, 1.165) is 11.3 Å². The fraction of sp³-hybridized carbons (Fsp3) is 0.222. The predicted octanol–water partition coefficient (Wildman–Crippen LogP) is 2.47. The molecule has 0 spiro atoms. The third-order valence-corrected chi connectivity index (χ3v) is 4.09. The van der Waals surface area contributed by atoms with Crippen molar-refractivity contribution in [3.05, 3.63) is 60.6 Å². The first kappa shape index (κ1) is 14.6. The molecule has 0 saturated heterocycles. The molecule has 2 aromatic heterocycles. The van der Waals surface area contributed by atoms with Gasteiger partial charge in [0.15, 0.2) is 5.69 Å². The minimum absolute atomic E-state index is 0.184. The summed E-state index contributed by atoms with van der Waals surface area (Å²) in [6.45, 7) is 0.701. The Hall–Kier alpha value is -3.02. The summed E-state index contributed by atoms with van der Waals surface area (Å²) in [7, 11) is 0. The second-order valence-electron chi connectivity index (χ2n) is 5.92. The SMILES string of the molecule is O=C(NCC1CC1)c1nnn(-c2ccccc2)c1-c1ccncc1. The highest BCUT2D eigenvalue weighted by Crippen LogP contribution is 2.28. The largest absolute Gasteiger partial charge is 0.350 e. The lowest BCUT2D eigenvalue weighted by Gasteiger charge is -2.08. The molecular weight excluding hydrogens is 302 g/mol.